The van der Waals surface area contributed by atoms with Gasteiger partial charge < -0.3 is 10.2 Å². The van der Waals surface area contributed by atoms with Crippen LogP contribution >= 0.6 is 11.8 Å². The van der Waals surface area contributed by atoms with Gasteiger partial charge in [-0.05, 0) is 83.1 Å². The Bertz CT molecular complexity index is 1700. The molecular formula is C35H26N2O2S. The summed E-state index contributed by atoms with van der Waals surface area (Å²) in [5.41, 5.74) is 5.57. The lowest BCUT2D eigenvalue weighted by molar-refractivity contribution is -0.0999. The number of para-hydroxylation sites is 2. The van der Waals surface area contributed by atoms with Gasteiger partial charge in [0.05, 0.1) is 0 Å². The summed E-state index contributed by atoms with van der Waals surface area (Å²) in [7, 11) is 0. The summed E-state index contributed by atoms with van der Waals surface area (Å²) in [6, 6.07) is 49.5. The molecule has 1 unspecified atom stereocenters. The Kier molecular flexibility index (Phi) is 6.48. The van der Waals surface area contributed by atoms with E-state index in [0.717, 1.165) is 17.1 Å². The van der Waals surface area contributed by atoms with Crippen molar-refractivity contribution in [3.63, 3.8) is 0 Å². The minimum Gasteiger partial charge on any atom is -0.368 e. The predicted molar refractivity (Wildman–Crippen MR) is 165 cm³/mol. The van der Waals surface area contributed by atoms with E-state index in [4.69, 9.17) is 9.78 Å². The number of hydrogen-bond acceptors (Lipinski definition) is 5. The van der Waals surface area contributed by atoms with Gasteiger partial charge in [-0.2, -0.15) is 0 Å². The van der Waals surface area contributed by atoms with E-state index in [0.29, 0.717) is 11.5 Å². The summed E-state index contributed by atoms with van der Waals surface area (Å²) in [5.74, 6) is 1.28. The van der Waals surface area contributed by atoms with Crippen molar-refractivity contribution >= 4 is 45.3 Å². The zero-order chi connectivity index (χ0) is 26.7. The van der Waals surface area contributed by atoms with Crippen LogP contribution in [0.1, 0.15) is 10.9 Å². The summed E-state index contributed by atoms with van der Waals surface area (Å²) in [6.07, 6.45) is 0. The van der Waals surface area contributed by atoms with Gasteiger partial charge >= 0.3 is 0 Å². The zero-order valence-electron chi connectivity index (χ0n) is 21.6. The van der Waals surface area contributed by atoms with Gasteiger partial charge in [0.2, 0.25) is 0 Å². The van der Waals surface area contributed by atoms with Crippen LogP contribution in [-0.2, 0) is 0 Å². The third-order valence-corrected chi connectivity index (χ3v) is 8.24. The van der Waals surface area contributed by atoms with E-state index in [9.17, 15) is 0 Å². The highest BCUT2D eigenvalue weighted by molar-refractivity contribution is 8.00. The quantitative estimate of drug-likeness (QED) is 0.162. The maximum Gasteiger partial charge on any atom is 0.178 e. The molecule has 0 saturated carbocycles. The van der Waals surface area contributed by atoms with Crippen LogP contribution in [0.3, 0.4) is 0 Å². The first-order valence-electron chi connectivity index (χ1n) is 13.2. The van der Waals surface area contributed by atoms with Crippen LogP contribution in [0.4, 0.5) is 22.7 Å². The summed E-state index contributed by atoms with van der Waals surface area (Å²) in [5, 5.41) is 6.35. The number of fused-ring (bicyclic) bond motifs is 3. The summed E-state index contributed by atoms with van der Waals surface area (Å²) in [4.78, 5) is 14.8. The fourth-order valence-electron chi connectivity index (χ4n) is 4.97. The first-order chi connectivity index (χ1) is 19.8. The Morgan fingerprint density at radius 2 is 1.07 bits per heavy atom. The van der Waals surface area contributed by atoms with Gasteiger partial charge in [-0.15, -0.1) is 0 Å². The van der Waals surface area contributed by atoms with Crippen LogP contribution in [0.25, 0.3) is 10.8 Å². The molecule has 1 N–H and O–H groups in total. The van der Waals surface area contributed by atoms with Crippen molar-refractivity contribution in [1.29, 1.82) is 0 Å². The highest BCUT2D eigenvalue weighted by atomic mass is 32.2. The number of hydrogen-bond donors (Lipinski definition) is 1. The van der Waals surface area contributed by atoms with E-state index in [1.54, 1.807) is 0 Å². The average Bonchev–Trinajstić information content (AvgIpc) is 3.47. The lowest BCUT2D eigenvalue weighted by Crippen LogP contribution is -2.09. The normalized spacial score (nSPS) is 13.8. The lowest BCUT2D eigenvalue weighted by Gasteiger charge is -2.25. The molecule has 0 fully saturated rings. The minimum absolute atomic E-state index is 0.153. The van der Waals surface area contributed by atoms with Crippen LogP contribution in [0, 0.1) is 0 Å². The van der Waals surface area contributed by atoms with E-state index in [1.165, 1.54) is 26.9 Å². The van der Waals surface area contributed by atoms with Crippen molar-refractivity contribution < 1.29 is 9.78 Å². The number of nitrogens with zero attached hydrogens (tertiary/aromatic N) is 1. The second-order valence-corrected chi connectivity index (χ2v) is 10.7. The fraction of sp³-hybridized carbons (Fsp3) is 0.0286. The van der Waals surface area contributed by atoms with Crippen LogP contribution in [0.5, 0.6) is 11.5 Å². The van der Waals surface area contributed by atoms with Gasteiger partial charge in [-0.1, -0.05) is 90.6 Å². The van der Waals surface area contributed by atoms with Gasteiger partial charge in [0, 0.05) is 27.6 Å². The van der Waals surface area contributed by atoms with E-state index in [2.05, 4.69) is 83.0 Å². The minimum atomic E-state index is 0.153. The molecule has 6 aromatic carbocycles. The van der Waals surface area contributed by atoms with Crippen molar-refractivity contribution in [2.24, 2.45) is 0 Å². The van der Waals surface area contributed by atoms with E-state index >= 15 is 0 Å². The summed E-state index contributed by atoms with van der Waals surface area (Å²) >= 11 is 1.85. The standard InChI is InChI=1S/C35H26N2O2S/c1-3-10-27(11-4-1)37(28-12-5-2-6-13-28)29-18-22-31(23-19-29)39-38-30-20-15-26(16-21-30)35-36-33-24-17-25-9-7-8-14-32(25)34(33)40-35/h1-24,35-36H. The van der Waals surface area contributed by atoms with Crippen molar-refractivity contribution in [3.05, 3.63) is 151 Å². The second-order valence-electron chi connectivity index (χ2n) is 9.54. The Morgan fingerprint density at radius 3 is 1.73 bits per heavy atom. The molecule has 0 radical (unpaired) electrons. The molecule has 1 heterocycles. The third kappa shape index (κ3) is 4.83. The maximum atomic E-state index is 5.66. The largest absolute Gasteiger partial charge is 0.368 e. The molecule has 194 valence electrons. The molecule has 7 rings (SSSR count). The Hall–Kier alpha value is -4.87. The van der Waals surface area contributed by atoms with E-state index < -0.39 is 0 Å². The van der Waals surface area contributed by atoms with Crippen molar-refractivity contribution in [1.82, 2.24) is 0 Å². The highest BCUT2D eigenvalue weighted by Gasteiger charge is 2.24. The number of anilines is 4. The van der Waals surface area contributed by atoms with E-state index in [-0.39, 0.29) is 5.37 Å². The number of rotatable bonds is 7. The molecule has 5 heteroatoms. The van der Waals surface area contributed by atoms with Gasteiger partial charge in [-0.3, -0.25) is 9.78 Å². The first-order valence-corrected chi connectivity index (χ1v) is 14.1. The van der Waals surface area contributed by atoms with Crippen LogP contribution in [-0.4, -0.2) is 0 Å². The summed E-state index contributed by atoms with van der Waals surface area (Å²) in [6.45, 7) is 0. The molecule has 0 aromatic heterocycles. The SMILES string of the molecule is c1ccc(N(c2ccccc2)c2ccc(OOc3ccc(C4Nc5ccc6ccccc6c5S4)cc3)cc2)cc1. The van der Waals surface area contributed by atoms with Crippen LogP contribution < -0.4 is 20.0 Å². The highest BCUT2D eigenvalue weighted by Crippen LogP contribution is 2.49. The van der Waals surface area contributed by atoms with E-state index in [1.807, 2.05) is 84.6 Å². The molecule has 1 atom stereocenters. The predicted octanol–water partition coefficient (Wildman–Crippen LogP) is 9.90. The molecule has 0 spiro atoms. The molecule has 4 nitrogen and oxygen atoms in total. The van der Waals surface area contributed by atoms with Crippen molar-refractivity contribution in [2.45, 2.75) is 10.3 Å². The molecule has 0 amide bonds. The molecule has 1 aliphatic heterocycles. The Balaban J connectivity index is 1.02. The fourth-order valence-corrected chi connectivity index (χ4v) is 6.25. The number of nitrogens with one attached hydrogen (secondary N) is 1. The monoisotopic (exact) mass is 538 g/mol. The van der Waals surface area contributed by atoms with Crippen molar-refractivity contribution in [2.75, 3.05) is 10.2 Å². The second kappa shape index (κ2) is 10.7. The number of thioether (sulfide) groups is 1. The maximum absolute atomic E-state index is 5.66. The lowest BCUT2D eigenvalue weighted by atomic mass is 10.1. The van der Waals surface area contributed by atoms with Gasteiger partial charge in [0.1, 0.15) is 5.37 Å². The molecule has 40 heavy (non-hydrogen) atoms. The van der Waals surface area contributed by atoms with Crippen molar-refractivity contribution in [3.8, 4) is 11.5 Å². The molecule has 0 bridgehead atoms. The zero-order valence-corrected chi connectivity index (χ0v) is 22.4. The Labute approximate surface area is 237 Å². The van der Waals surface area contributed by atoms with Gasteiger partial charge in [0.25, 0.3) is 0 Å². The van der Waals surface area contributed by atoms with Gasteiger partial charge in [-0.25, -0.2) is 0 Å². The molecule has 0 saturated heterocycles. The summed E-state index contributed by atoms with van der Waals surface area (Å²) < 4.78 is 0. The van der Waals surface area contributed by atoms with Crippen LogP contribution in [0.15, 0.2) is 150 Å². The molecule has 6 aromatic rings. The number of benzene rings is 6. The van der Waals surface area contributed by atoms with Gasteiger partial charge in [0.15, 0.2) is 11.5 Å². The first kappa shape index (κ1) is 24.2. The molecular weight excluding hydrogens is 512 g/mol. The topological polar surface area (TPSA) is 33.7 Å². The smallest absolute Gasteiger partial charge is 0.178 e. The third-order valence-electron chi connectivity index (χ3n) is 6.94. The Morgan fingerprint density at radius 1 is 0.525 bits per heavy atom. The average molecular weight is 539 g/mol. The van der Waals surface area contributed by atoms with Crippen LogP contribution in [0.2, 0.25) is 0 Å². The molecule has 0 aliphatic carbocycles. The molecule has 1 aliphatic rings.